The maximum atomic E-state index is 13.7. The molecule has 1 heterocycles. The largest absolute Gasteiger partial charge is 0.378 e. The van der Waals surface area contributed by atoms with Crippen LogP contribution < -0.4 is 10.2 Å². The van der Waals surface area contributed by atoms with Gasteiger partial charge < -0.3 is 10.2 Å². The van der Waals surface area contributed by atoms with E-state index in [1.54, 1.807) is 6.07 Å². The van der Waals surface area contributed by atoms with E-state index in [1.807, 2.05) is 20.2 Å². The number of benzene rings is 2. The fraction of sp³-hybridized carbons (Fsp3) is 0.222. The van der Waals surface area contributed by atoms with Crippen LogP contribution in [0, 0.1) is 5.82 Å². The summed E-state index contributed by atoms with van der Waals surface area (Å²) in [5, 5.41) is 3.98. The van der Waals surface area contributed by atoms with Crippen LogP contribution in [0.3, 0.4) is 0 Å². The van der Waals surface area contributed by atoms with Crippen LogP contribution in [0.1, 0.15) is 5.56 Å². The number of hydrogen-bond acceptors (Lipinski definition) is 4. The summed E-state index contributed by atoms with van der Waals surface area (Å²) < 4.78 is 13.7. The van der Waals surface area contributed by atoms with Gasteiger partial charge in [0.15, 0.2) is 0 Å². The van der Waals surface area contributed by atoms with E-state index < -0.39 is 0 Å². The molecule has 0 fully saturated rings. The van der Waals surface area contributed by atoms with Crippen LogP contribution >= 0.6 is 0 Å². The zero-order valence-corrected chi connectivity index (χ0v) is 13.3. The molecule has 0 aliphatic heterocycles. The number of halogens is 1. The average molecular weight is 310 g/mol. The van der Waals surface area contributed by atoms with Crippen molar-refractivity contribution >= 4 is 22.4 Å². The second kappa shape index (κ2) is 6.60. The van der Waals surface area contributed by atoms with Gasteiger partial charge >= 0.3 is 0 Å². The molecule has 0 radical (unpaired) electrons. The number of aromatic nitrogens is 2. The Kier molecular flexibility index (Phi) is 4.37. The van der Waals surface area contributed by atoms with Crippen LogP contribution in [0.15, 0.2) is 48.8 Å². The lowest BCUT2D eigenvalue weighted by molar-refractivity contribution is 0.636. The van der Waals surface area contributed by atoms with E-state index >= 15 is 0 Å². The summed E-state index contributed by atoms with van der Waals surface area (Å²) in [6, 6.07) is 13.4. The van der Waals surface area contributed by atoms with E-state index in [4.69, 9.17) is 0 Å². The first kappa shape index (κ1) is 15.2. The van der Waals surface area contributed by atoms with Crippen LogP contribution in [0.2, 0.25) is 0 Å². The van der Waals surface area contributed by atoms with E-state index in [1.165, 1.54) is 23.6 Å². The molecule has 1 N–H and O–H groups in total. The van der Waals surface area contributed by atoms with Gasteiger partial charge in [-0.3, -0.25) is 0 Å². The monoisotopic (exact) mass is 310 g/mol. The number of nitrogens with one attached hydrogen (secondary N) is 1. The lowest BCUT2D eigenvalue weighted by atomic mass is 10.1. The van der Waals surface area contributed by atoms with Crippen LogP contribution in [-0.4, -0.2) is 30.6 Å². The third-order valence-electron chi connectivity index (χ3n) is 3.77. The Hall–Kier alpha value is -2.69. The van der Waals surface area contributed by atoms with Gasteiger partial charge in [0, 0.05) is 31.7 Å². The highest BCUT2D eigenvalue weighted by atomic mass is 19.1. The van der Waals surface area contributed by atoms with E-state index in [2.05, 4.69) is 44.5 Å². The minimum absolute atomic E-state index is 0.327. The van der Waals surface area contributed by atoms with Gasteiger partial charge in [-0.1, -0.05) is 18.2 Å². The van der Waals surface area contributed by atoms with Gasteiger partial charge in [-0.25, -0.2) is 14.4 Å². The van der Waals surface area contributed by atoms with Gasteiger partial charge in [0.2, 0.25) is 0 Å². The number of nitrogens with zero attached hydrogens (tertiary/aromatic N) is 3. The molecule has 0 aliphatic carbocycles. The first-order valence-corrected chi connectivity index (χ1v) is 7.54. The Morgan fingerprint density at radius 2 is 1.83 bits per heavy atom. The number of fused-ring (bicyclic) bond motifs is 1. The van der Waals surface area contributed by atoms with Crippen LogP contribution in [0.5, 0.6) is 0 Å². The molecule has 3 aromatic rings. The summed E-state index contributed by atoms with van der Waals surface area (Å²) >= 11 is 0. The molecule has 0 bridgehead atoms. The van der Waals surface area contributed by atoms with Crippen molar-refractivity contribution in [2.75, 3.05) is 30.9 Å². The van der Waals surface area contributed by atoms with Crippen molar-refractivity contribution in [3.05, 3.63) is 60.2 Å². The maximum absolute atomic E-state index is 13.7. The molecule has 0 amide bonds. The average Bonchev–Trinajstić information content (AvgIpc) is 2.56. The summed E-state index contributed by atoms with van der Waals surface area (Å²) in [4.78, 5) is 10.3. The Morgan fingerprint density at radius 3 is 2.57 bits per heavy atom. The molecule has 23 heavy (non-hydrogen) atoms. The predicted octanol–water partition coefficient (Wildman–Crippen LogP) is 3.49. The molecular weight excluding hydrogens is 291 g/mol. The van der Waals surface area contributed by atoms with Crippen molar-refractivity contribution in [2.24, 2.45) is 0 Å². The van der Waals surface area contributed by atoms with Gasteiger partial charge in [-0.2, -0.15) is 0 Å². The second-order valence-corrected chi connectivity index (χ2v) is 5.60. The van der Waals surface area contributed by atoms with Gasteiger partial charge in [0.1, 0.15) is 23.5 Å². The van der Waals surface area contributed by atoms with Crippen molar-refractivity contribution < 1.29 is 4.39 Å². The molecule has 0 aliphatic rings. The van der Waals surface area contributed by atoms with Gasteiger partial charge in [-0.15, -0.1) is 0 Å². The number of rotatable bonds is 5. The van der Waals surface area contributed by atoms with Crippen LogP contribution in [-0.2, 0) is 6.42 Å². The molecule has 5 heteroatoms. The van der Waals surface area contributed by atoms with Crippen molar-refractivity contribution in [3.8, 4) is 0 Å². The van der Waals surface area contributed by atoms with E-state index in [-0.39, 0.29) is 5.82 Å². The number of anilines is 2. The lowest BCUT2D eigenvalue weighted by Crippen LogP contribution is -2.09. The topological polar surface area (TPSA) is 41.0 Å². The SMILES string of the molecule is CN(C)c1ccc(CCNc2ncnc3c(F)cccc23)cc1. The normalized spacial score (nSPS) is 10.7. The van der Waals surface area contributed by atoms with Crippen LogP contribution in [0.4, 0.5) is 15.9 Å². The predicted molar refractivity (Wildman–Crippen MR) is 92.5 cm³/mol. The first-order chi connectivity index (χ1) is 11.1. The van der Waals surface area contributed by atoms with Crippen molar-refractivity contribution in [1.82, 2.24) is 9.97 Å². The van der Waals surface area contributed by atoms with Crippen molar-refractivity contribution in [2.45, 2.75) is 6.42 Å². The summed E-state index contributed by atoms with van der Waals surface area (Å²) in [5.74, 6) is 0.339. The molecule has 118 valence electrons. The molecule has 0 saturated heterocycles. The highest BCUT2D eigenvalue weighted by Gasteiger charge is 2.06. The van der Waals surface area contributed by atoms with E-state index in [0.29, 0.717) is 16.7 Å². The highest BCUT2D eigenvalue weighted by molar-refractivity contribution is 5.89. The Bertz CT molecular complexity index is 800. The van der Waals surface area contributed by atoms with Gasteiger partial charge in [0.25, 0.3) is 0 Å². The smallest absolute Gasteiger partial charge is 0.149 e. The first-order valence-electron chi connectivity index (χ1n) is 7.54. The lowest BCUT2D eigenvalue weighted by Gasteiger charge is -2.13. The zero-order chi connectivity index (χ0) is 16.2. The Morgan fingerprint density at radius 1 is 1.04 bits per heavy atom. The molecule has 0 atom stereocenters. The Labute approximate surface area is 135 Å². The standard InChI is InChI=1S/C18H19FN4/c1-23(2)14-8-6-13(7-9-14)10-11-20-18-15-4-3-5-16(19)17(15)21-12-22-18/h3-9,12H,10-11H2,1-2H3,(H,20,21,22). The molecule has 0 unspecified atom stereocenters. The molecule has 0 saturated carbocycles. The molecule has 2 aromatic carbocycles. The molecule has 4 nitrogen and oxygen atoms in total. The zero-order valence-electron chi connectivity index (χ0n) is 13.3. The van der Waals surface area contributed by atoms with Crippen LogP contribution in [0.25, 0.3) is 10.9 Å². The van der Waals surface area contributed by atoms with E-state index in [9.17, 15) is 4.39 Å². The number of para-hydroxylation sites is 1. The summed E-state index contributed by atoms with van der Waals surface area (Å²) in [7, 11) is 4.05. The minimum Gasteiger partial charge on any atom is -0.378 e. The molecular formula is C18H19FN4. The molecule has 1 aromatic heterocycles. The second-order valence-electron chi connectivity index (χ2n) is 5.60. The quantitative estimate of drug-likeness (QED) is 0.783. The highest BCUT2D eigenvalue weighted by Crippen LogP contribution is 2.21. The molecule has 3 rings (SSSR count). The fourth-order valence-electron chi connectivity index (χ4n) is 2.48. The van der Waals surface area contributed by atoms with Gasteiger partial charge in [-0.05, 0) is 36.2 Å². The van der Waals surface area contributed by atoms with Crippen molar-refractivity contribution in [3.63, 3.8) is 0 Å². The summed E-state index contributed by atoms with van der Waals surface area (Å²) in [6.07, 6.45) is 2.26. The third kappa shape index (κ3) is 3.39. The van der Waals surface area contributed by atoms with Crippen molar-refractivity contribution in [1.29, 1.82) is 0 Å². The molecule has 0 spiro atoms. The summed E-state index contributed by atoms with van der Waals surface area (Å²) in [5.41, 5.74) is 2.77. The number of hydrogen-bond donors (Lipinski definition) is 1. The van der Waals surface area contributed by atoms with Gasteiger partial charge in [0.05, 0.1) is 0 Å². The maximum Gasteiger partial charge on any atom is 0.149 e. The summed E-state index contributed by atoms with van der Waals surface area (Å²) in [6.45, 7) is 0.726. The fourth-order valence-corrected chi connectivity index (χ4v) is 2.48. The van der Waals surface area contributed by atoms with E-state index in [0.717, 1.165) is 13.0 Å². The third-order valence-corrected chi connectivity index (χ3v) is 3.77. The Balaban J connectivity index is 1.68. The minimum atomic E-state index is -0.327.